The van der Waals surface area contributed by atoms with Crippen molar-refractivity contribution in [3.05, 3.63) is 103 Å². The van der Waals surface area contributed by atoms with E-state index in [0.717, 1.165) is 5.56 Å². The average Bonchev–Trinajstić information content (AvgIpc) is 2.77. The second kappa shape index (κ2) is 10.2. The molecule has 0 fully saturated rings. The Morgan fingerprint density at radius 2 is 1.61 bits per heavy atom. The molecule has 0 spiro atoms. The number of nitrogens with zero attached hydrogens (tertiary/aromatic N) is 2. The lowest BCUT2D eigenvalue weighted by molar-refractivity contribution is -0.385. The van der Waals surface area contributed by atoms with Crippen molar-refractivity contribution in [3.63, 3.8) is 0 Å². The first kappa shape index (κ1) is 23.9. The van der Waals surface area contributed by atoms with Gasteiger partial charge in [-0.05, 0) is 61.9 Å². The van der Waals surface area contributed by atoms with E-state index in [-0.39, 0.29) is 22.2 Å². The number of carbonyl (C=O) groups is 2. The first-order valence-electron chi connectivity index (χ1n) is 9.62. The molecule has 2 N–H and O–H groups in total. The number of carbonyl (C=O) groups excluding carboxylic acids is 2. The summed E-state index contributed by atoms with van der Waals surface area (Å²) in [7, 11) is 0. The molecule has 10 heteroatoms. The van der Waals surface area contributed by atoms with E-state index in [0.29, 0.717) is 27.5 Å². The van der Waals surface area contributed by atoms with Crippen LogP contribution in [-0.4, -0.2) is 22.4 Å². The number of nitro benzene ring substituents is 1. The standard InChI is InChI=1S/C23H18Cl2N4O4/c1-13-11-16(5-10-21(13)29(32)33)22(30)28-27-14(2)15-3-7-18(8-4-15)26-23(31)19-9-6-17(24)12-20(19)25/h3-12H,1-2H3,(H,26,31)(H,28,30)/b27-14-. The Labute approximate surface area is 199 Å². The van der Waals surface area contributed by atoms with Crippen LogP contribution in [0.4, 0.5) is 11.4 Å². The van der Waals surface area contributed by atoms with Crippen LogP contribution in [0.3, 0.4) is 0 Å². The summed E-state index contributed by atoms with van der Waals surface area (Å²) in [6.45, 7) is 3.27. The molecule has 0 unspecified atom stereocenters. The van der Waals surface area contributed by atoms with E-state index in [9.17, 15) is 19.7 Å². The van der Waals surface area contributed by atoms with E-state index in [1.54, 1.807) is 50.2 Å². The highest BCUT2D eigenvalue weighted by Gasteiger charge is 2.14. The number of halogens is 2. The lowest BCUT2D eigenvalue weighted by Gasteiger charge is -2.08. The van der Waals surface area contributed by atoms with Crippen molar-refractivity contribution in [3.8, 4) is 0 Å². The summed E-state index contributed by atoms with van der Waals surface area (Å²) in [5, 5.41) is 18.4. The third kappa shape index (κ3) is 5.94. The molecule has 0 radical (unpaired) electrons. The van der Waals surface area contributed by atoms with Gasteiger partial charge in [0.05, 0.1) is 21.2 Å². The summed E-state index contributed by atoms with van der Waals surface area (Å²) in [6.07, 6.45) is 0. The molecular formula is C23H18Cl2N4O4. The van der Waals surface area contributed by atoms with Gasteiger partial charge in [-0.25, -0.2) is 5.43 Å². The fourth-order valence-corrected chi connectivity index (χ4v) is 3.43. The van der Waals surface area contributed by atoms with Crippen LogP contribution in [0, 0.1) is 17.0 Å². The van der Waals surface area contributed by atoms with Crippen LogP contribution in [0.5, 0.6) is 0 Å². The van der Waals surface area contributed by atoms with Crippen molar-refractivity contribution >= 4 is 52.1 Å². The molecule has 0 bridgehead atoms. The zero-order valence-electron chi connectivity index (χ0n) is 17.6. The van der Waals surface area contributed by atoms with Crippen LogP contribution in [0.2, 0.25) is 10.0 Å². The number of benzene rings is 3. The molecule has 33 heavy (non-hydrogen) atoms. The fourth-order valence-electron chi connectivity index (χ4n) is 2.93. The molecule has 0 aromatic heterocycles. The molecule has 0 aliphatic carbocycles. The van der Waals surface area contributed by atoms with E-state index in [1.165, 1.54) is 24.3 Å². The molecule has 3 aromatic rings. The maximum absolute atomic E-state index is 12.4. The predicted octanol–water partition coefficient (Wildman–Crippen LogP) is 5.62. The molecule has 0 aliphatic heterocycles. The lowest BCUT2D eigenvalue weighted by atomic mass is 10.1. The Morgan fingerprint density at radius 3 is 2.21 bits per heavy atom. The lowest BCUT2D eigenvalue weighted by Crippen LogP contribution is -2.19. The van der Waals surface area contributed by atoms with Crippen molar-refractivity contribution in [1.29, 1.82) is 0 Å². The number of hydrogen-bond acceptors (Lipinski definition) is 5. The van der Waals surface area contributed by atoms with Gasteiger partial charge in [-0.3, -0.25) is 19.7 Å². The molecule has 8 nitrogen and oxygen atoms in total. The topological polar surface area (TPSA) is 114 Å². The molecule has 0 saturated heterocycles. The molecule has 3 aromatic carbocycles. The average molecular weight is 485 g/mol. The summed E-state index contributed by atoms with van der Waals surface area (Å²) < 4.78 is 0. The predicted molar refractivity (Wildman–Crippen MR) is 128 cm³/mol. The van der Waals surface area contributed by atoms with Gasteiger partial charge < -0.3 is 5.32 Å². The molecule has 3 rings (SSSR count). The molecule has 2 amide bonds. The van der Waals surface area contributed by atoms with Gasteiger partial charge in [0, 0.05) is 27.9 Å². The molecule has 0 heterocycles. The van der Waals surface area contributed by atoms with Gasteiger partial charge in [0.15, 0.2) is 0 Å². The smallest absolute Gasteiger partial charge is 0.272 e. The summed E-state index contributed by atoms with van der Waals surface area (Å²) >= 11 is 11.9. The van der Waals surface area contributed by atoms with Crippen molar-refractivity contribution in [1.82, 2.24) is 5.43 Å². The highest BCUT2D eigenvalue weighted by atomic mass is 35.5. The van der Waals surface area contributed by atoms with Crippen LogP contribution in [0.25, 0.3) is 0 Å². The molecule has 0 atom stereocenters. The van der Waals surface area contributed by atoms with E-state index in [4.69, 9.17) is 23.2 Å². The Morgan fingerprint density at radius 1 is 0.939 bits per heavy atom. The highest BCUT2D eigenvalue weighted by molar-refractivity contribution is 6.37. The summed E-state index contributed by atoms with van der Waals surface area (Å²) in [5.74, 6) is -0.864. The molecule has 0 saturated carbocycles. The minimum absolute atomic E-state index is 0.0586. The van der Waals surface area contributed by atoms with Crippen LogP contribution < -0.4 is 10.7 Å². The quantitative estimate of drug-likeness (QED) is 0.268. The van der Waals surface area contributed by atoms with Gasteiger partial charge >= 0.3 is 0 Å². The Kier molecular flexibility index (Phi) is 7.42. The third-order valence-corrected chi connectivity index (χ3v) is 5.26. The maximum atomic E-state index is 12.4. The van der Waals surface area contributed by atoms with Gasteiger partial charge in [-0.1, -0.05) is 35.3 Å². The number of nitro groups is 1. The second-order valence-electron chi connectivity index (χ2n) is 7.05. The Hall–Kier alpha value is -3.75. The highest BCUT2D eigenvalue weighted by Crippen LogP contribution is 2.22. The van der Waals surface area contributed by atoms with Crippen LogP contribution >= 0.6 is 23.2 Å². The van der Waals surface area contributed by atoms with Gasteiger partial charge in [-0.2, -0.15) is 5.10 Å². The van der Waals surface area contributed by atoms with E-state index < -0.39 is 10.8 Å². The molecule has 0 aliphatic rings. The monoisotopic (exact) mass is 484 g/mol. The van der Waals surface area contributed by atoms with Crippen molar-refractivity contribution in [2.45, 2.75) is 13.8 Å². The third-order valence-electron chi connectivity index (χ3n) is 4.72. The number of hydrogen-bond donors (Lipinski definition) is 2. The first-order valence-corrected chi connectivity index (χ1v) is 10.4. The van der Waals surface area contributed by atoms with E-state index >= 15 is 0 Å². The normalized spacial score (nSPS) is 11.1. The minimum atomic E-state index is -0.505. The minimum Gasteiger partial charge on any atom is -0.322 e. The zero-order chi connectivity index (χ0) is 24.1. The van der Waals surface area contributed by atoms with Gasteiger partial charge in [-0.15, -0.1) is 0 Å². The summed E-state index contributed by atoms with van der Waals surface area (Å²) in [6, 6.07) is 15.6. The molecule has 168 valence electrons. The van der Waals surface area contributed by atoms with Crippen molar-refractivity contribution in [2.75, 3.05) is 5.32 Å². The van der Waals surface area contributed by atoms with Crippen LogP contribution in [0.1, 0.15) is 38.8 Å². The van der Waals surface area contributed by atoms with Crippen molar-refractivity contribution < 1.29 is 14.5 Å². The number of nitrogens with one attached hydrogen (secondary N) is 2. The first-order chi connectivity index (χ1) is 15.7. The Balaban J connectivity index is 1.65. The van der Waals surface area contributed by atoms with Crippen molar-refractivity contribution in [2.24, 2.45) is 5.10 Å². The number of aryl methyl sites for hydroxylation is 1. The van der Waals surface area contributed by atoms with Gasteiger partial charge in [0.1, 0.15) is 0 Å². The van der Waals surface area contributed by atoms with Crippen LogP contribution in [-0.2, 0) is 0 Å². The summed E-state index contributed by atoms with van der Waals surface area (Å²) in [5.41, 5.74) is 5.11. The Bertz CT molecular complexity index is 1270. The fraction of sp³-hybridized carbons (Fsp3) is 0.0870. The van der Waals surface area contributed by atoms with E-state index in [1.807, 2.05) is 0 Å². The zero-order valence-corrected chi connectivity index (χ0v) is 19.1. The van der Waals surface area contributed by atoms with Gasteiger partial charge in [0.2, 0.25) is 0 Å². The van der Waals surface area contributed by atoms with Gasteiger partial charge in [0.25, 0.3) is 17.5 Å². The van der Waals surface area contributed by atoms with Crippen LogP contribution in [0.15, 0.2) is 65.8 Å². The number of anilines is 1. The second-order valence-corrected chi connectivity index (χ2v) is 7.90. The maximum Gasteiger partial charge on any atom is 0.272 e. The SMILES string of the molecule is C/C(=N/NC(=O)c1ccc([N+](=O)[O-])c(C)c1)c1ccc(NC(=O)c2ccc(Cl)cc2Cl)cc1. The summed E-state index contributed by atoms with van der Waals surface area (Å²) in [4.78, 5) is 35.1. The number of amides is 2. The number of rotatable bonds is 6. The van der Waals surface area contributed by atoms with E-state index in [2.05, 4.69) is 15.8 Å². The largest absolute Gasteiger partial charge is 0.322 e. The molecular weight excluding hydrogens is 467 g/mol. The number of hydrazone groups is 1.